The lowest BCUT2D eigenvalue weighted by Crippen LogP contribution is -2.49. The maximum atomic E-state index is 11.8. The van der Waals surface area contributed by atoms with Crippen LogP contribution in [0.1, 0.15) is 45.1 Å². The fraction of sp³-hybridized carbons (Fsp3) is 0.588. The van der Waals surface area contributed by atoms with E-state index in [-0.39, 0.29) is 12.0 Å². The highest BCUT2D eigenvalue weighted by Crippen LogP contribution is 2.43. The van der Waals surface area contributed by atoms with E-state index in [2.05, 4.69) is 5.32 Å². The van der Waals surface area contributed by atoms with E-state index in [1.165, 1.54) is 0 Å². The van der Waals surface area contributed by atoms with E-state index in [0.29, 0.717) is 6.54 Å². The molecule has 4 heteroatoms. The van der Waals surface area contributed by atoms with Crippen LogP contribution in [0, 0.1) is 5.41 Å². The van der Waals surface area contributed by atoms with Gasteiger partial charge in [0.1, 0.15) is 6.61 Å². The molecule has 1 aliphatic rings. The van der Waals surface area contributed by atoms with E-state index in [1.54, 1.807) is 0 Å². The fourth-order valence-corrected chi connectivity index (χ4v) is 2.87. The number of aliphatic hydroxyl groups is 1. The van der Waals surface area contributed by atoms with Gasteiger partial charge in [0.25, 0.3) is 0 Å². The highest BCUT2D eigenvalue weighted by Gasteiger charge is 2.45. The predicted octanol–water partition coefficient (Wildman–Crippen LogP) is 3.24. The standard InChI is InChI=1S/C17H25NO3/c1-16(2,17(20)10-6-7-11-17)13-18-15(19)21-12-14-8-4-3-5-9-14/h3-5,8-9,20H,6-7,10-13H2,1-2H3,(H,18,19). The number of rotatable bonds is 5. The highest BCUT2D eigenvalue weighted by molar-refractivity contribution is 5.67. The van der Waals surface area contributed by atoms with Crippen LogP contribution in [-0.4, -0.2) is 23.3 Å². The summed E-state index contributed by atoms with van der Waals surface area (Å²) in [7, 11) is 0. The summed E-state index contributed by atoms with van der Waals surface area (Å²) in [6, 6.07) is 9.58. The summed E-state index contributed by atoms with van der Waals surface area (Å²) in [5, 5.41) is 13.4. The van der Waals surface area contributed by atoms with Gasteiger partial charge in [0.2, 0.25) is 0 Å². The molecule has 1 aromatic rings. The summed E-state index contributed by atoms with van der Waals surface area (Å²) in [5.74, 6) is 0. The van der Waals surface area contributed by atoms with Crippen molar-refractivity contribution >= 4 is 6.09 Å². The minimum atomic E-state index is -0.681. The minimum Gasteiger partial charge on any atom is -0.445 e. The summed E-state index contributed by atoms with van der Waals surface area (Å²) >= 11 is 0. The fourth-order valence-electron chi connectivity index (χ4n) is 2.87. The average Bonchev–Trinajstić information content (AvgIpc) is 2.93. The molecule has 0 aliphatic heterocycles. The molecule has 0 atom stereocenters. The van der Waals surface area contributed by atoms with Gasteiger partial charge in [-0.1, -0.05) is 57.0 Å². The number of amides is 1. The molecular formula is C17H25NO3. The molecule has 0 saturated heterocycles. The van der Waals surface area contributed by atoms with Gasteiger partial charge in [-0.2, -0.15) is 0 Å². The minimum absolute atomic E-state index is 0.261. The molecule has 0 unspecified atom stereocenters. The van der Waals surface area contributed by atoms with E-state index in [1.807, 2.05) is 44.2 Å². The Morgan fingerprint density at radius 2 is 1.90 bits per heavy atom. The largest absolute Gasteiger partial charge is 0.445 e. The van der Waals surface area contributed by atoms with Gasteiger partial charge in [-0.05, 0) is 18.4 Å². The number of hydrogen-bond acceptors (Lipinski definition) is 3. The number of carbonyl (C=O) groups is 1. The number of nitrogens with one attached hydrogen (secondary N) is 1. The first-order valence-electron chi connectivity index (χ1n) is 7.60. The number of carbonyl (C=O) groups excluding carboxylic acids is 1. The zero-order chi connectivity index (χ0) is 15.3. The molecule has 1 aliphatic carbocycles. The molecule has 2 rings (SSSR count). The average molecular weight is 291 g/mol. The van der Waals surface area contributed by atoms with E-state index in [9.17, 15) is 9.90 Å². The molecule has 1 saturated carbocycles. The van der Waals surface area contributed by atoms with Crippen LogP contribution in [0.3, 0.4) is 0 Å². The lowest BCUT2D eigenvalue weighted by atomic mass is 9.73. The summed E-state index contributed by atoms with van der Waals surface area (Å²) in [4.78, 5) is 11.8. The Morgan fingerprint density at radius 1 is 1.29 bits per heavy atom. The quantitative estimate of drug-likeness (QED) is 0.875. The smallest absolute Gasteiger partial charge is 0.407 e. The van der Waals surface area contributed by atoms with Crippen molar-refractivity contribution in [2.24, 2.45) is 5.41 Å². The lowest BCUT2D eigenvalue weighted by Gasteiger charge is -2.40. The summed E-state index contributed by atoms with van der Waals surface area (Å²) in [5.41, 5.74) is -0.0732. The van der Waals surface area contributed by atoms with Crippen LogP contribution in [0.2, 0.25) is 0 Å². The Balaban J connectivity index is 1.78. The molecule has 0 heterocycles. The lowest BCUT2D eigenvalue weighted by molar-refractivity contribution is -0.0596. The monoisotopic (exact) mass is 291 g/mol. The van der Waals surface area contributed by atoms with Crippen LogP contribution in [0.15, 0.2) is 30.3 Å². The van der Waals surface area contributed by atoms with Crippen molar-refractivity contribution in [2.75, 3.05) is 6.54 Å². The molecule has 0 spiro atoms. The normalized spacial score (nSPS) is 17.5. The van der Waals surface area contributed by atoms with Crippen molar-refractivity contribution in [1.82, 2.24) is 5.32 Å². The molecule has 0 aromatic heterocycles. The van der Waals surface area contributed by atoms with Gasteiger partial charge in [-0.25, -0.2) is 4.79 Å². The zero-order valence-corrected chi connectivity index (χ0v) is 12.9. The van der Waals surface area contributed by atoms with Gasteiger partial charge >= 0.3 is 6.09 Å². The molecule has 21 heavy (non-hydrogen) atoms. The molecular weight excluding hydrogens is 266 g/mol. The molecule has 1 aromatic carbocycles. The molecule has 0 bridgehead atoms. The zero-order valence-electron chi connectivity index (χ0n) is 12.9. The predicted molar refractivity (Wildman–Crippen MR) is 81.8 cm³/mol. The molecule has 4 nitrogen and oxygen atoms in total. The van der Waals surface area contributed by atoms with Crippen molar-refractivity contribution < 1.29 is 14.6 Å². The Morgan fingerprint density at radius 3 is 2.52 bits per heavy atom. The van der Waals surface area contributed by atoms with Crippen LogP contribution in [0.5, 0.6) is 0 Å². The summed E-state index contributed by atoms with van der Waals surface area (Å²) < 4.78 is 5.19. The van der Waals surface area contributed by atoms with Gasteiger partial charge in [-0.15, -0.1) is 0 Å². The first-order chi connectivity index (χ1) is 9.93. The molecule has 1 amide bonds. The van der Waals surface area contributed by atoms with E-state index < -0.39 is 11.7 Å². The second-order valence-corrected chi connectivity index (χ2v) is 6.54. The second kappa shape index (κ2) is 6.48. The Labute approximate surface area is 126 Å². The van der Waals surface area contributed by atoms with Crippen molar-refractivity contribution in [3.8, 4) is 0 Å². The number of alkyl carbamates (subject to hydrolysis) is 1. The topological polar surface area (TPSA) is 58.6 Å². The Bertz CT molecular complexity index is 464. The van der Waals surface area contributed by atoms with Crippen LogP contribution in [0.25, 0.3) is 0 Å². The molecule has 2 N–H and O–H groups in total. The molecule has 116 valence electrons. The van der Waals surface area contributed by atoms with Crippen LogP contribution in [0.4, 0.5) is 4.79 Å². The second-order valence-electron chi connectivity index (χ2n) is 6.54. The van der Waals surface area contributed by atoms with Crippen molar-refractivity contribution in [3.63, 3.8) is 0 Å². The van der Waals surface area contributed by atoms with Crippen LogP contribution >= 0.6 is 0 Å². The summed E-state index contributed by atoms with van der Waals surface area (Å²) in [6.07, 6.45) is 3.28. The van der Waals surface area contributed by atoms with Gasteiger partial charge in [0, 0.05) is 12.0 Å². The number of hydrogen-bond donors (Lipinski definition) is 2. The van der Waals surface area contributed by atoms with Gasteiger partial charge in [0.15, 0.2) is 0 Å². The van der Waals surface area contributed by atoms with Crippen molar-refractivity contribution in [2.45, 2.75) is 51.7 Å². The molecule has 0 radical (unpaired) electrons. The Hall–Kier alpha value is -1.55. The van der Waals surface area contributed by atoms with Gasteiger partial charge in [-0.3, -0.25) is 0 Å². The van der Waals surface area contributed by atoms with Crippen LogP contribution in [-0.2, 0) is 11.3 Å². The van der Waals surface area contributed by atoms with Gasteiger partial charge in [0.05, 0.1) is 5.60 Å². The SMILES string of the molecule is CC(C)(CNC(=O)OCc1ccccc1)C1(O)CCCC1. The third-order valence-corrected chi connectivity index (χ3v) is 4.58. The maximum absolute atomic E-state index is 11.8. The third-order valence-electron chi connectivity index (χ3n) is 4.58. The summed E-state index contributed by atoms with van der Waals surface area (Å²) in [6.45, 7) is 4.67. The van der Waals surface area contributed by atoms with Crippen molar-refractivity contribution in [1.29, 1.82) is 0 Å². The van der Waals surface area contributed by atoms with E-state index in [4.69, 9.17) is 4.74 Å². The van der Waals surface area contributed by atoms with E-state index in [0.717, 1.165) is 31.2 Å². The first kappa shape index (κ1) is 15.8. The number of ether oxygens (including phenoxy) is 1. The maximum Gasteiger partial charge on any atom is 0.407 e. The van der Waals surface area contributed by atoms with Crippen molar-refractivity contribution in [3.05, 3.63) is 35.9 Å². The first-order valence-corrected chi connectivity index (χ1v) is 7.60. The Kier molecular flexibility index (Phi) is 4.88. The molecule has 1 fully saturated rings. The van der Waals surface area contributed by atoms with E-state index >= 15 is 0 Å². The number of benzene rings is 1. The van der Waals surface area contributed by atoms with Gasteiger partial charge < -0.3 is 15.2 Å². The van der Waals surface area contributed by atoms with Crippen LogP contribution < -0.4 is 5.32 Å². The third kappa shape index (κ3) is 3.97. The highest BCUT2D eigenvalue weighted by atomic mass is 16.5.